The third-order valence-corrected chi connectivity index (χ3v) is 3.27. The molecule has 0 heterocycles. The van der Waals surface area contributed by atoms with E-state index in [-0.39, 0.29) is 0 Å². The molecule has 2 nitrogen and oxygen atoms in total. The summed E-state index contributed by atoms with van der Waals surface area (Å²) in [5.41, 5.74) is 4.46. The summed E-state index contributed by atoms with van der Waals surface area (Å²) >= 11 is 0. The Morgan fingerprint density at radius 2 is 1.65 bits per heavy atom. The zero-order chi connectivity index (χ0) is 14.4. The Morgan fingerprint density at radius 3 is 2.25 bits per heavy atom. The maximum atomic E-state index is 5.40. The van der Waals surface area contributed by atoms with Crippen LogP contribution in [0.15, 0.2) is 59.8 Å². The average Bonchev–Trinajstić information content (AvgIpc) is 2.48. The number of benzene rings is 2. The molecule has 0 unspecified atom stereocenters. The van der Waals surface area contributed by atoms with Crippen LogP contribution in [0.4, 0.5) is 0 Å². The molecule has 0 atom stereocenters. The van der Waals surface area contributed by atoms with Crippen molar-refractivity contribution in [2.45, 2.75) is 27.2 Å². The van der Waals surface area contributed by atoms with Crippen molar-refractivity contribution in [3.63, 3.8) is 0 Å². The molecule has 0 radical (unpaired) electrons. The van der Waals surface area contributed by atoms with E-state index in [0.29, 0.717) is 13.3 Å². The van der Waals surface area contributed by atoms with Crippen LogP contribution in [0.25, 0.3) is 0 Å². The van der Waals surface area contributed by atoms with Gasteiger partial charge >= 0.3 is 0 Å². The van der Waals surface area contributed by atoms with Crippen LogP contribution in [0.5, 0.6) is 0 Å². The summed E-state index contributed by atoms with van der Waals surface area (Å²) in [6.45, 7) is 7.41. The lowest BCUT2D eigenvalue weighted by Gasteiger charge is -2.05. The monoisotopic (exact) mass is 265 g/mol. The molecule has 0 saturated heterocycles. The Hall–Kier alpha value is -2.03. The maximum Gasteiger partial charge on any atom is 0.169 e. The van der Waals surface area contributed by atoms with E-state index in [1.807, 2.05) is 37.3 Å². The molecule has 102 valence electrons. The summed E-state index contributed by atoms with van der Waals surface area (Å²) in [6.07, 6.45) is 0. The van der Waals surface area contributed by atoms with E-state index in [0.717, 1.165) is 16.8 Å². The average molecular weight is 265 g/mol. The number of oxime groups is 1. The van der Waals surface area contributed by atoms with Crippen LogP contribution >= 0.6 is 0 Å². The molecule has 3 heteroatoms. The van der Waals surface area contributed by atoms with Gasteiger partial charge in [-0.1, -0.05) is 78.9 Å². The second kappa shape index (κ2) is 6.95. The smallest absolute Gasteiger partial charge is 0.169 e. The first-order chi connectivity index (χ1) is 9.66. The number of rotatable bonds is 5. The van der Waals surface area contributed by atoms with Gasteiger partial charge in [-0.15, -0.1) is 0 Å². The van der Waals surface area contributed by atoms with Crippen molar-refractivity contribution in [3.8, 4) is 0 Å². The largest absolute Gasteiger partial charge is 0.391 e. The molecule has 2 aromatic carbocycles. The molecule has 2 aromatic rings. The predicted octanol–water partition coefficient (Wildman–Crippen LogP) is 3.59. The number of nitrogens with zero attached hydrogens (tertiary/aromatic N) is 1. The summed E-state index contributed by atoms with van der Waals surface area (Å²) in [7, 11) is 0. The van der Waals surface area contributed by atoms with Crippen molar-refractivity contribution in [2.75, 3.05) is 0 Å². The second-order valence-electron chi connectivity index (χ2n) is 5.21. The van der Waals surface area contributed by atoms with Crippen LogP contribution in [-0.4, -0.2) is 12.4 Å². The van der Waals surface area contributed by atoms with Gasteiger partial charge in [0.1, 0.15) is 6.61 Å². The lowest BCUT2D eigenvalue weighted by Crippen LogP contribution is -2.22. The third kappa shape index (κ3) is 3.99. The fraction of sp³-hybridized carbons (Fsp3) is 0.235. The molecule has 0 aliphatic rings. The van der Waals surface area contributed by atoms with Crippen molar-refractivity contribution < 1.29 is 4.84 Å². The van der Waals surface area contributed by atoms with E-state index in [2.05, 4.69) is 43.1 Å². The van der Waals surface area contributed by atoms with Crippen LogP contribution in [-0.2, 0) is 11.4 Å². The fourth-order valence-corrected chi connectivity index (χ4v) is 1.94. The standard InChI is InChI=1S/C17H20BNO/c1-14(16-9-11-17(12-10-16)18(2)3)19-20-13-15-7-5-4-6-8-15/h4-12H,13H2,1-3H3/b19-14+. The highest BCUT2D eigenvalue weighted by Gasteiger charge is 2.03. The first-order valence-corrected chi connectivity index (χ1v) is 6.97. The first-order valence-electron chi connectivity index (χ1n) is 6.97. The van der Waals surface area contributed by atoms with E-state index < -0.39 is 0 Å². The van der Waals surface area contributed by atoms with E-state index in [4.69, 9.17) is 4.84 Å². The molecule has 0 aliphatic carbocycles. The molecule has 2 rings (SSSR count). The predicted molar refractivity (Wildman–Crippen MR) is 87.0 cm³/mol. The van der Waals surface area contributed by atoms with Crippen LogP contribution in [0.1, 0.15) is 18.1 Å². The summed E-state index contributed by atoms with van der Waals surface area (Å²) in [5, 5.41) is 4.18. The Labute approximate surface area is 121 Å². The zero-order valence-corrected chi connectivity index (χ0v) is 12.3. The van der Waals surface area contributed by atoms with Gasteiger partial charge in [-0.05, 0) is 18.1 Å². The molecule has 0 spiro atoms. The van der Waals surface area contributed by atoms with E-state index in [1.165, 1.54) is 5.46 Å². The minimum atomic E-state index is 0.502. The van der Waals surface area contributed by atoms with Gasteiger partial charge < -0.3 is 4.84 Å². The van der Waals surface area contributed by atoms with Crippen molar-refractivity contribution in [2.24, 2.45) is 5.16 Å². The third-order valence-electron chi connectivity index (χ3n) is 3.27. The van der Waals surface area contributed by atoms with Crippen molar-refractivity contribution >= 4 is 17.9 Å². The van der Waals surface area contributed by atoms with Gasteiger partial charge in [0.05, 0.1) is 5.71 Å². The fourth-order valence-electron chi connectivity index (χ4n) is 1.94. The Kier molecular flexibility index (Phi) is 5.00. The summed E-state index contributed by atoms with van der Waals surface area (Å²) in [4.78, 5) is 5.40. The van der Waals surface area contributed by atoms with Gasteiger partial charge in [0, 0.05) is 0 Å². The highest BCUT2D eigenvalue weighted by Crippen LogP contribution is 2.04. The molecule has 0 saturated carbocycles. The highest BCUT2D eigenvalue weighted by atomic mass is 16.6. The van der Waals surface area contributed by atoms with E-state index in [1.54, 1.807) is 0 Å². The number of hydrogen-bond donors (Lipinski definition) is 0. The SMILES string of the molecule is CB(C)c1ccc(/C(C)=N/OCc2ccccc2)cc1. The Bertz CT molecular complexity index is 561. The first kappa shape index (κ1) is 14.4. The van der Waals surface area contributed by atoms with Crippen molar-refractivity contribution in [1.29, 1.82) is 0 Å². The summed E-state index contributed by atoms with van der Waals surface area (Å²) in [5.74, 6) is 0. The molecule has 0 bridgehead atoms. The van der Waals surface area contributed by atoms with E-state index >= 15 is 0 Å². The van der Waals surface area contributed by atoms with Gasteiger partial charge in [0.15, 0.2) is 6.71 Å². The second-order valence-corrected chi connectivity index (χ2v) is 5.21. The molecule has 20 heavy (non-hydrogen) atoms. The summed E-state index contributed by atoms with van der Waals surface area (Å²) < 4.78 is 0. The number of hydrogen-bond acceptors (Lipinski definition) is 2. The van der Waals surface area contributed by atoms with Gasteiger partial charge in [-0.2, -0.15) is 0 Å². The van der Waals surface area contributed by atoms with Crippen molar-refractivity contribution in [3.05, 3.63) is 65.7 Å². The Balaban J connectivity index is 1.96. The molecule has 0 amide bonds. The maximum absolute atomic E-state index is 5.40. The van der Waals surface area contributed by atoms with Crippen LogP contribution in [0.2, 0.25) is 13.6 Å². The molecule has 0 fully saturated rings. The zero-order valence-electron chi connectivity index (χ0n) is 12.3. The van der Waals surface area contributed by atoms with E-state index in [9.17, 15) is 0 Å². The van der Waals surface area contributed by atoms with Gasteiger partial charge in [0.25, 0.3) is 0 Å². The van der Waals surface area contributed by atoms with Crippen LogP contribution in [0, 0.1) is 0 Å². The molecular formula is C17H20BNO. The van der Waals surface area contributed by atoms with Gasteiger partial charge in [-0.3, -0.25) is 0 Å². The molecule has 0 N–H and O–H groups in total. The summed E-state index contributed by atoms with van der Waals surface area (Å²) in [6, 6.07) is 18.5. The molecular weight excluding hydrogens is 245 g/mol. The molecule has 0 aromatic heterocycles. The lowest BCUT2D eigenvalue weighted by molar-refractivity contribution is 0.130. The minimum absolute atomic E-state index is 0.502. The molecule has 0 aliphatic heterocycles. The van der Waals surface area contributed by atoms with Crippen LogP contribution in [0.3, 0.4) is 0 Å². The highest BCUT2D eigenvalue weighted by molar-refractivity contribution is 6.70. The normalized spacial score (nSPS) is 11.2. The lowest BCUT2D eigenvalue weighted by atomic mass is 9.49. The Morgan fingerprint density at radius 1 is 1.00 bits per heavy atom. The van der Waals surface area contributed by atoms with Gasteiger partial charge in [-0.25, -0.2) is 0 Å². The van der Waals surface area contributed by atoms with Crippen LogP contribution < -0.4 is 5.46 Å². The van der Waals surface area contributed by atoms with Gasteiger partial charge in [0.2, 0.25) is 0 Å². The topological polar surface area (TPSA) is 21.6 Å². The van der Waals surface area contributed by atoms with Crippen molar-refractivity contribution in [1.82, 2.24) is 0 Å². The quantitative estimate of drug-likeness (QED) is 0.460. The minimum Gasteiger partial charge on any atom is -0.391 e.